The van der Waals surface area contributed by atoms with E-state index in [0.717, 1.165) is 30.9 Å². The molecule has 1 saturated heterocycles. The fourth-order valence-corrected chi connectivity index (χ4v) is 3.05. The molecule has 1 aromatic heterocycles. The van der Waals surface area contributed by atoms with Crippen LogP contribution in [0.3, 0.4) is 0 Å². The molecule has 3 nitrogen and oxygen atoms in total. The van der Waals surface area contributed by atoms with E-state index in [2.05, 4.69) is 34.7 Å². The molecule has 2 heterocycles. The molecule has 1 fully saturated rings. The highest BCUT2D eigenvalue weighted by Crippen LogP contribution is 2.27. The number of para-hydroxylation sites is 2. The summed E-state index contributed by atoms with van der Waals surface area (Å²) in [5.41, 5.74) is 2.34. The van der Waals surface area contributed by atoms with E-state index in [1.165, 1.54) is 11.9 Å². The van der Waals surface area contributed by atoms with Crippen LogP contribution in [0.25, 0.3) is 11.0 Å². The van der Waals surface area contributed by atoms with Crippen LogP contribution in [0.15, 0.2) is 24.3 Å². The molecule has 1 atom stereocenters. The first-order chi connectivity index (χ1) is 8.79. The minimum absolute atomic E-state index is 0.542. The SMILES string of the molecule is CN1CCC(n2c(CCCl)nc3ccccc32)C1. The first kappa shape index (κ1) is 12.0. The van der Waals surface area contributed by atoms with Gasteiger partial charge in [0.15, 0.2) is 0 Å². The Morgan fingerprint density at radius 3 is 2.94 bits per heavy atom. The van der Waals surface area contributed by atoms with E-state index >= 15 is 0 Å². The minimum Gasteiger partial charge on any atom is -0.323 e. The summed E-state index contributed by atoms with van der Waals surface area (Å²) >= 11 is 5.91. The predicted molar refractivity (Wildman–Crippen MR) is 75.3 cm³/mol. The Balaban J connectivity index is 2.09. The Morgan fingerprint density at radius 1 is 1.39 bits per heavy atom. The third-order valence-corrected chi connectivity index (χ3v) is 3.91. The van der Waals surface area contributed by atoms with Crippen LogP contribution in [0.4, 0.5) is 0 Å². The van der Waals surface area contributed by atoms with Gasteiger partial charge in [-0.25, -0.2) is 4.98 Å². The Hall–Kier alpha value is -1.06. The number of rotatable bonds is 3. The second kappa shape index (κ2) is 4.90. The molecule has 4 heteroatoms. The zero-order valence-electron chi connectivity index (χ0n) is 10.6. The topological polar surface area (TPSA) is 21.1 Å². The summed E-state index contributed by atoms with van der Waals surface area (Å²) in [7, 11) is 2.18. The van der Waals surface area contributed by atoms with Crippen LogP contribution in [0, 0.1) is 0 Å². The molecular formula is C14H18ClN3. The highest BCUT2D eigenvalue weighted by atomic mass is 35.5. The zero-order chi connectivity index (χ0) is 12.5. The Bertz CT molecular complexity index is 549. The Morgan fingerprint density at radius 2 is 2.22 bits per heavy atom. The van der Waals surface area contributed by atoms with Gasteiger partial charge in [-0.15, -0.1) is 11.6 Å². The third-order valence-electron chi connectivity index (χ3n) is 3.72. The lowest BCUT2D eigenvalue weighted by molar-refractivity contribution is 0.392. The van der Waals surface area contributed by atoms with Crippen LogP contribution < -0.4 is 0 Å². The second-order valence-corrected chi connectivity index (χ2v) is 5.41. The lowest BCUT2D eigenvalue weighted by Crippen LogP contribution is -2.18. The molecule has 18 heavy (non-hydrogen) atoms. The lowest BCUT2D eigenvalue weighted by Gasteiger charge is -2.16. The van der Waals surface area contributed by atoms with E-state index in [9.17, 15) is 0 Å². The number of alkyl halides is 1. The van der Waals surface area contributed by atoms with Gasteiger partial charge >= 0.3 is 0 Å². The number of hydrogen-bond acceptors (Lipinski definition) is 2. The molecule has 0 N–H and O–H groups in total. The van der Waals surface area contributed by atoms with Crippen molar-refractivity contribution < 1.29 is 0 Å². The number of fused-ring (bicyclic) bond motifs is 1. The maximum Gasteiger partial charge on any atom is 0.111 e. The first-order valence-electron chi connectivity index (χ1n) is 6.50. The van der Waals surface area contributed by atoms with Gasteiger partial charge in [0.05, 0.1) is 11.0 Å². The number of benzene rings is 1. The highest BCUT2D eigenvalue weighted by Gasteiger charge is 2.24. The lowest BCUT2D eigenvalue weighted by atomic mass is 10.2. The summed E-state index contributed by atoms with van der Waals surface area (Å²) in [5, 5.41) is 0. The highest BCUT2D eigenvalue weighted by molar-refractivity contribution is 6.17. The van der Waals surface area contributed by atoms with Crippen LogP contribution in [0.2, 0.25) is 0 Å². The van der Waals surface area contributed by atoms with Crippen molar-refractivity contribution in [3.63, 3.8) is 0 Å². The molecule has 96 valence electrons. The summed E-state index contributed by atoms with van der Waals surface area (Å²) < 4.78 is 2.40. The number of aryl methyl sites for hydroxylation is 1. The van der Waals surface area contributed by atoms with Gasteiger partial charge in [-0.1, -0.05) is 12.1 Å². The minimum atomic E-state index is 0.542. The van der Waals surface area contributed by atoms with E-state index in [1.807, 2.05) is 6.07 Å². The first-order valence-corrected chi connectivity index (χ1v) is 7.03. The summed E-state index contributed by atoms with van der Waals surface area (Å²) in [6.07, 6.45) is 2.04. The number of likely N-dealkylation sites (N-methyl/N-ethyl adjacent to an activating group) is 1. The predicted octanol–water partition coefficient (Wildman–Crippen LogP) is 2.69. The molecule has 1 unspecified atom stereocenters. The van der Waals surface area contributed by atoms with E-state index < -0.39 is 0 Å². The van der Waals surface area contributed by atoms with Gasteiger partial charge < -0.3 is 9.47 Å². The van der Waals surface area contributed by atoms with E-state index in [1.54, 1.807) is 0 Å². The van der Waals surface area contributed by atoms with Gasteiger partial charge in [-0.3, -0.25) is 0 Å². The number of likely N-dealkylation sites (tertiary alicyclic amines) is 1. The standard InChI is InChI=1S/C14H18ClN3/c1-17-9-7-11(10-17)18-13-5-3-2-4-12(13)16-14(18)6-8-15/h2-5,11H,6-10H2,1H3. The monoisotopic (exact) mass is 263 g/mol. The average Bonchev–Trinajstić information content (AvgIpc) is 2.92. The van der Waals surface area contributed by atoms with Crippen LogP contribution in [-0.2, 0) is 6.42 Å². The third kappa shape index (κ3) is 2.02. The number of imidazole rings is 1. The van der Waals surface area contributed by atoms with Crippen LogP contribution >= 0.6 is 11.6 Å². The van der Waals surface area contributed by atoms with Crippen molar-refractivity contribution in [2.75, 3.05) is 26.0 Å². The van der Waals surface area contributed by atoms with Crippen molar-refractivity contribution in [2.24, 2.45) is 0 Å². The largest absolute Gasteiger partial charge is 0.323 e. The van der Waals surface area contributed by atoms with Crippen molar-refractivity contribution in [1.82, 2.24) is 14.5 Å². The number of hydrogen-bond donors (Lipinski definition) is 0. The summed E-state index contributed by atoms with van der Waals surface area (Å²) in [5.74, 6) is 1.76. The van der Waals surface area contributed by atoms with E-state index in [4.69, 9.17) is 16.6 Å². The molecule has 1 aliphatic heterocycles. The fourth-order valence-electron chi connectivity index (χ4n) is 2.89. The average molecular weight is 264 g/mol. The quantitative estimate of drug-likeness (QED) is 0.794. The van der Waals surface area contributed by atoms with Crippen molar-refractivity contribution in [1.29, 1.82) is 0 Å². The summed E-state index contributed by atoms with van der Waals surface area (Å²) in [6.45, 7) is 2.27. The molecule has 1 aliphatic rings. The zero-order valence-corrected chi connectivity index (χ0v) is 11.4. The number of aromatic nitrogens is 2. The number of nitrogens with zero attached hydrogens (tertiary/aromatic N) is 3. The van der Waals surface area contributed by atoms with Gasteiger partial charge in [-0.2, -0.15) is 0 Å². The molecule has 0 saturated carbocycles. The molecule has 0 aliphatic carbocycles. The van der Waals surface area contributed by atoms with Crippen molar-refractivity contribution in [3.05, 3.63) is 30.1 Å². The van der Waals surface area contributed by atoms with Crippen molar-refractivity contribution >= 4 is 22.6 Å². The molecule has 3 rings (SSSR count). The van der Waals surface area contributed by atoms with Gasteiger partial charge in [0.1, 0.15) is 5.82 Å². The van der Waals surface area contributed by atoms with Crippen LogP contribution in [0.5, 0.6) is 0 Å². The van der Waals surface area contributed by atoms with Crippen LogP contribution in [0.1, 0.15) is 18.3 Å². The molecule has 0 bridgehead atoms. The van der Waals surface area contributed by atoms with Gasteiger partial charge in [0.2, 0.25) is 0 Å². The second-order valence-electron chi connectivity index (χ2n) is 5.03. The molecule has 0 radical (unpaired) electrons. The number of halogens is 1. The normalized spacial score (nSPS) is 20.9. The summed E-state index contributed by atoms with van der Waals surface area (Å²) in [4.78, 5) is 7.11. The molecule has 1 aromatic carbocycles. The molecule has 2 aromatic rings. The van der Waals surface area contributed by atoms with Crippen molar-refractivity contribution in [2.45, 2.75) is 18.9 Å². The van der Waals surface area contributed by atoms with Gasteiger partial charge in [0, 0.05) is 24.9 Å². The fraction of sp³-hybridized carbons (Fsp3) is 0.500. The van der Waals surface area contributed by atoms with E-state index in [0.29, 0.717) is 11.9 Å². The van der Waals surface area contributed by atoms with E-state index in [-0.39, 0.29) is 0 Å². The van der Waals surface area contributed by atoms with Gasteiger partial charge in [0.25, 0.3) is 0 Å². The van der Waals surface area contributed by atoms with Crippen LogP contribution in [-0.4, -0.2) is 40.5 Å². The molecule has 0 amide bonds. The molecule has 0 spiro atoms. The maximum atomic E-state index is 5.91. The summed E-state index contributed by atoms with van der Waals surface area (Å²) in [6, 6.07) is 8.93. The Kier molecular flexibility index (Phi) is 3.27. The van der Waals surface area contributed by atoms with Crippen molar-refractivity contribution in [3.8, 4) is 0 Å². The van der Waals surface area contributed by atoms with Gasteiger partial charge in [-0.05, 0) is 32.1 Å². The Labute approximate surface area is 112 Å². The smallest absolute Gasteiger partial charge is 0.111 e. The maximum absolute atomic E-state index is 5.91. The molecular weight excluding hydrogens is 246 g/mol.